The molecule has 0 bridgehead atoms. The van der Waals surface area contributed by atoms with Crippen molar-refractivity contribution in [1.82, 2.24) is 5.32 Å². The first-order valence-electron chi connectivity index (χ1n) is 15.2. The van der Waals surface area contributed by atoms with Gasteiger partial charge in [-0.25, -0.2) is 0 Å². The van der Waals surface area contributed by atoms with Gasteiger partial charge in [-0.2, -0.15) is 0 Å². The maximum absolute atomic E-state index is 12.8. The average molecular weight is 556 g/mol. The Hall–Kier alpha value is -2.69. The zero-order valence-corrected chi connectivity index (χ0v) is 26.5. The van der Waals surface area contributed by atoms with E-state index in [1.54, 1.807) is 0 Å². The van der Waals surface area contributed by atoms with Crippen LogP contribution < -0.4 is 5.32 Å². The van der Waals surface area contributed by atoms with E-state index in [0.717, 1.165) is 44.9 Å². The topological polar surface area (TPSA) is 72.5 Å². The van der Waals surface area contributed by atoms with E-state index in [4.69, 9.17) is 4.74 Å². The number of hydrogen-bond acceptors (Lipinski definition) is 4. The SMILES string of the molecule is CC/C=C\C/C=C\C/C=C\C/C=C\C/C=C\CCCC(=O)OCC(C)(C)[C@@H](CC)C(=O)NCCC(=O)C(C)(C)C. The van der Waals surface area contributed by atoms with Gasteiger partial charge in [-0.15, -0.1) is 0 Å². The Morgan fingerprint density at radius 3 is 1.70 bits per heavy atom. The van der Waals surface area contributed by atoms with E-state index in [2.05, 4.69) is 73.0 Å². The maximum atomic E-state index is 12.8. The number of carbonyl (C=O) groups is 3. The van der Waals surface area contributed by atoms with E-state index in [1.165, 1.54) is 0 Å². The molecular weight excluding hydrogens is 498 g/mol. The van der Waals surface area contributed by atoms with Gasteiger partial charge in [0, 0.05) is 36.1 Å². The van der Waals surface area contributed by atoms with Gasteiger partial charge >= 0.3 is 5.97 Å². The number of ether oxygens (including phenoxy) is 1. The summed E-state index contributed by atoms with van der Waals surface area (Å²) in [5.41, 5.74) is -0.900. The molecule has 0 aliphatic carbocycles. The molecule has 0 rings (SSSR count). The van der Waals surface area contributed by atoms with Crippen molar-refractivity contribution in [2.75, 3.05) is 13.2 Å². The highest BCUT2D eigenvalue weighted by atomic mass is 16.5. The van der Waals surface area contributed by atoms with Crippen molar-refractivity contribution >= 4 is 17.7 Å². The van der Waals surface area contributed by atoms with Crippen LogP contribution in [0.1, 0.15) is 113 Å². The Balaban J connectivity index is 4.14. The highest BCUT2D eigenvalue weighted by molar-refractivity contribution is 5.85. The highest BCUT2D eigenvalue weighted by Crippen LogP contribution is 2.30. The van der Waals surface area contributed by atoms with E-state index >= 15 is 0 Å². The molecule has 0 saturated carbocycles. The first kappa shape index (κ1) is 37.3. The molecule has 0 aliphatic rings. The molecule has 1 N–H and O–H groups in total. The monoisotopic (exact) mass is 555 g/mol. The summed E-state index contributed by atoms with van der Waals surface area (Å²) in [7, 11) is 0. The van der Waals surface area contributed by atoms with Crippen LogP contribution in [0.3, 0.4) is 0 Å². The number of allylic oxidation sites excluding steroid dienone is 10. The van der Waals surface area contributed by atoms with Crippen molar-refractivity contribution < 1.29 is 19.1 Å². The van der Waals surface area contributed by atoms with Gasteiger partial charge in [0.15, 0.2) is 0 Å². The molecule has 0 unspecified atom stereocenters. The van der Waals surface area contributed by atoms with Gasteiger partial charge < -0.3 is 10.1 Å². The summed E-state index contributed by atoms with van der Waals surface area (Å²) in [6.07, 6.45) is 29.5. The van der Waals surface area contributed by atoms with Crippen LogP contribution in [0.5, 0.6) is 0 Å². The number of rotatable bonds is 21. The second-order valence-electron chi connectivity index (χ2n) is 11.9. The summed E-state index contributed by atoms with van der Waals surface area (Å²) in [6, 6.07) is 0. The fraction of sp³-hybridized carbons (Fsp3) is 0.629. The summed E-state index contributed by atoms with van der Waals surface area (Å²) in [4.78, 5) is 37.1. The highest BCUT2D eigenvalue weighted by Gasteiger charge is 2.35. The third kappa shape index (κ3) is 19.4. The van der Waals surface area contributed by atoms with Gasteiger partial charge in [-0.1, -0.05) is 109 Å². The second-order valence-corrected chi connectivity index (χ2v) is 11.9. The van der Waals surface area contributed by atoms with Crippen LogP contribution in [-0.4, -0.2) is 30.8 Å². The Labute approximate surface area is 245 Å². The molecule has 226 valence electrons. The van der Waals surface area contributed by atoms with Gasteiger partial charge in [0.25, 0.3) is 0 Å². The molecular formula is C35H57NO4. The molecule has 40 heavy (non-hydrogen) atoms. The minimum atomic E-state index is -0.494. The van der Waals surface area contributed by atoms with Crippen molar-refractivity contribution in [3.05, 3.63) is 60.8 Å². The second kappa shape index (κ2) is 22.1. The van der Waals surface area contributed by atoms with Crippen LogP contribution in [0.2, 0.25) is 0 Å². The molecule has 0 fully saturated rings. The van der Waals surface area contributed by atoms with E-state index < -0.39 is 10.8 Å². The van der Waals surface area contributed by atoms with E-state index in [0.29, 0.717) is 25.8 Å². The molecule has 1 atom stereocenters. The Kier molecular flexibility index (Phi) is 20.6. The summed E-state index contributed by atoms with van der Waals surface area (Å²) in [6.45, 7) is 14.2. The van der Waals surface area contributed by atoms with Gasteiger partial charge in [-0.05, 0) is 51.4 Å². The van der Waals surface area contributed by atoms with Crippen LogP contribution in [0.25, 0.3) is 0 Å². The zero-order chi connectivity index (χ0) is 30.3. The summed E-state index contributed by atoms with van der Waals surface area (Å²) in [5, 5.41) is 2.90. The molecule has 1 amide bonds. The lowest BCUT2D eigenvalue weighted by atomic mass is 9.77. The lowest BCUT2D eigenvalue weighted by Crippen LogP contribution is -2.42. The van der Waals surface area contributed by atoms with Crippen molar-refractivity contribution in [2.24, 2.45) is 16.7 Å². The molecule has 5 heteroatoms. The summed E-state index contributed by atoms with van der Waals surface area (Å²) in [5.74, 6) is -0.500. The molecule has 0 aromatic carbocycles. The van der Waals surface area contributed by atoms with Crippen LogP contribution in [0, 0.1) is 16.7 Å². The average Bonchev–Trinajstić information content (AvgIpc) is 2.89. The lowest BCUT2D eigenvalue weighted by molar-refractivity contribution is -0.150. The quantitative estimate of drug-likeness (QED) is 0.0874. The van der Waals surface area contributed by atoms with Crippen molar-refractivity contribution in [1.29, 1.82) is 0 Å². The molecule has 0 saturated heterocycles. The predicted octanol–water partition coefficient (Wildman–Crippen LogP) is 8.63. The van der Waals surface area contributed by atoms with Crippen molar-refractivity contribution in [2.45, 2.75) is 113 Å². The van der Waals surface area contributed by atoms with E-state index in [1.807, 2.05) is 41.5 Å². The van der Waals surface area contributed by atoms with Gasteiger partial charge in [0.1, 0.15) is 5.78 Å². The lowest BCUT2D eigenvalue weighted by Gasteiger charge is -2.32. The number of hydrogen-bond donors (Lipinski definition) is 1. The third-order valence-corrected chi connectivity index (χ3v) is 6.67. The number of esters is 1. The van der Waals surface area contributed by atoms with Crippen LogP contribution in [0.15, 0.2) is 60.8 Å². The minimum absolute atomic E-state index is 0.0938. The smallest absolute Gasteiger partial charge is 0.305 e. The Morgan fingerprint density at radius 2 is 1.23 bits per heavy atom. The molecule has 0 heterocycles. The zero-order valence-electron chi connectivity index (χ0n) is 26.5. The minimum Gasteiger partial charge on any atom is -0.465 e. The fourth-order valence-corrected chi connectivity index (χ4v) is 4.06. The standard InChI is InChI=1S/C35H57NO4/c1-8-10-11-12-13-14-15-16-17-18-19-20-21-22-23-24-25-26-32(38)40-29-35(6,7)30(9-2)33(39)36-28-27-31(37)34(3,4)5/h10-11,13-14,16-17,19-20,22-23,30H,8-9,12,15,18,21,24-29H2,1-7H3,(H,36,39)/b11-10-,14-13-,17-16-,20-19-,23-22-/t30-/m0/s1. The maximum Gasteiger partial charge on any atom is 0.305 e. The molecule has 5 nitrogen and oxygen atoms in total. The number of carbonyl (C=O) groups excluding carboxylic acids is 3. The molecule has 0 aliphatic heterocycles. The van der Waals surface area contributed by atoms with E-state index in [-0.39, 0.29) is 30.2 Å². The van der Waals surface area contributed by atoms with Crippen molar-refractivity contribution in [3.63, 3.8) is 0 Å². The molecule has 0 aromatic heterocycles. The first-order chi connectivity index (χ1) is 19.0. The Bertz CT molecular complexity index is 868. The van der Waals surface area contributed by atoms with Gasteiger partial charge in [-0.3, -0.25) is 14.4 Å². The first-order valence-corrected chi connectivity index (χ1v) is 15.2. The van der Waals surface area contributed by atoms with E-state index in [9.17, 15) is 14.4 Å². The van der Waals surface area contributed by atoms with Crippen LogP contribution >= 0.6 is 0 Å². The fourth-order valence-electron chi connectivity index (χ4n) is 4.06. The normalized spacial score (nSPS) is 13.8. The number of nitrogens with one attached hydrogen (secondary N) is 1. The summed E-state index contributed by atoms with van der Waals surface area (Å²) >= 11 is 0. The van der Waals surface area contributed by atoms with Crippen LogP contribution in [-0.2, 0) is 19.1 Å². The van der Waals surface area contributed by atoms with Crippen LogP contribution in [0.4, 0.5) is 0 Å². The van der Waals surface area contributed by atoms with Gasteiger partial charge in [0.2, 0.25) is 5.91 Å². The predicted molar refractivity (Wildman–Crippen MR) is 169 cm³/mol. The number of amides is 1. The third-order valence-electron chi connectivity index (χ3n) is 6.67. The molecule has 0 spiro atoms. The van der Waals surface area contributed by atoms with Crippen molar-refractivity contribution in [3.8, 4) is 0 Å². The number of ketones is 1. The number of Topliss-reactive ketones (excluding diaryl/α,β-unsaturated/α-hetero) is 1. The molecule has 0 radical (unpaired) electrons. The van der Waals surface area contributed by atoms with Gasteiger partial charge in [0.05, 0.1) is 6.61 Å². The Morgan fingerprint density at radius 1 is 0.725 bits per heavy atom. The molecule has 0 aromatic rings. The number of unbranched alkanes of at least 4 members (excludes halogenated alkanes) is 1. The summed E-state index contributed by atoms with van der Waals surface area (Å²) < 4.78 is 5.53. The largest absolute Gasteiger partial charge is 0.465 e.